The summed E-state index contributed by atoms with van der Waals surface area (Å²) in [4.78, 5) is 14.2. The highest BCUT2D eigenvalue weighted by Crippen LogP contribution is 2.12. The van der Waals surface area contributed by atoms with Crippen LogP contribution in [0, 0.1) is 6.20 Å². The third-order valence-electron chi connectivity index (χ3n) is 0.835. The molecular formula is C5H2Cl2NO. The van der Waals surface area contributed by atoms with Crippen LogP contribution in [-0.2, 0) is 4.79 Å². The monoisotopic (exact) mass is 162 g/mol. The molecule has 0 spiro atoms. The Morgan fingerprint density at radius 2 is 2.44 bits per heavy atom. The summed E-state index contributed by atoms with van der Waals surface area (Å²) < 4.78 is 0. The minimum atomic E-state index is -0.709. The van der Waals surface area contributed by atoms with E-state index in [1.807, 2.05) is 0 Å². The first-order valence-electron chi connectivity index (χ1n) is 2.22. The zero-order valence-corrected chi connectivity index (χ0v) is 5.78. The molecule has 0 aromatic carbocycles. The van der Waals surface area contributed by atoms with Gasteiger partial charge in [0.05, 0.1) is 0 Å². The number of hydrogen-bond donors (Lipinski definition) is 0. The summed E-state index contributed by atoms with van der Waals surface area (Å²) in [7, 11) is 0. The number of nitrogens with zero attached hydrogens (tertiary/aromatic N) is 1. The molecule has 1 aliphatic rings. The van der Waals surface area contributed by atoms with Crippen molar-refractivity contribution in [2.45, 2.75) is 5.38 Å². The molecule has 0 bridgehead atoms. The highest BCUT2D eigenvalue weighted by atomic mass is 35.5. The maximum Gasteiger partial charge on any atom is 0.199 e. The zero-order valence-electron chi connectivity index (χ0n) is 4.27. The van der Waals surface area contributed by atoms with Crippen LogP contribution in [0.4, 0.5) is 0 Å². The lowest BCUT2D eigenvalue weighted by molar-refractivity contribution is -0.113. The molecule has 0 saturated carbocycles. The maximum absolute atomic E-state index is 10.7. The molecular weight excluding hydrogens is 161 g/mol. The molecule has 4 heteroatoms. The number of carbonyl (C=O) groups excluding carboxylic acids is 1. The molecule has 1 radical (unpaired) electrons. The van der Waals surface area contributed by atoms with E-state index in [4.69, 9.17) is 23.2 Å². The molecule has 0 aliphatic carbocycles. The van der Waals surface area contributed by atoms with Gasteiger partial charge in [-0.15, -0.1) is 11.6 Å². The highest BCUT2D eigenvalue weighted by molar-refractivity contribution is 6.52. The number of carbonyl (C=O) groups is 1. The van der Waals surface area contributed by atoms with Crippen molar-refractivity contribution in [2.24, 2.45) is 4.99 Å². The molecule has 1 atom stereocenters. The SMILES string of the molecule is O=C1C(Cl)=[C]N=CC1Cl. The van der Waals surface area contributed by atoms with Gasteiger partial charge in [-0.05, 0) is 0 Å². The van der Waals surface area contributed by atoms with Crippen molar-refractivity contribution >= 4 is 35.2 Å². The fraction of sp³-hybridized carbons (Fsp3) is 0.200. The third-order valence-corrected chi connectivity index (χ3v) is 1.42. The second-order valence-electron chi connectivity index (χ2n) is 1.47. The predicted octanol–water partition coefficient (Wildman–Crippen LogP) is 1.13. The van der Waals surface area contributed by atoms with Crippen LogP contribution in [0.1, 0.15) is 0 Å². The molecule has 2 nitrogen and oxygen atoms in total. The fourth-order valence-electron chi connectivity index (χ4n) is 0.403. The van der Waals surface area contributed by atoms with Gasteiger partial charge in [0.2, 0.25) is 0 Å². The summed E-state index contributed by atoms with van der Waals surface area (Å²) in [5, 5.41) is -0.740. The molecule has 0 saturated heterocycles. The number of rotatable bonds is 0. The molecule has 0 aromatic heterocycles. The standard InChI is InChI=1S/C5H2Cl2NO/c6-3-1-8-2-4(7)5(3)9/h1,3H. The third kappa shape index (κ3) is 1.32. The first-order chi connectivity index (χ1) is 4.22. The van der Waals surface area contributed by atoms with Gasteiger partial charge in [-0.25, -0.2) is 0 Å². The lowest BCUT2D eigenvalue weighted by Gasteiger charge is -2.02. The summed E-state index contributed by atoms with van der Waals surface area (Å²) in [6.45, 7) is 0. The number of allylic oxidation sites excluding steroid dienone is 1. The number of Topliss-reactive ketones (excluding diaryl/α,β-unsaturated/α-hetero) is 1. The van der Waals surface area contributed by atoms with Crippen molar-refractivity contribution in [3.05, 3.63) is 11.2 Å². The Balaban J connectivity index is 2.86. The Morgan fingerprint density at radius 3 is 2.89 bits per heavy atom. The van der Waals surface area contributed by atoms with E-state index in [2.05, 4.69) is 11.2 Å². The van der Waals surface area contributed by atoms with E-state index in [0.29, 0.717) is 0 Å². The van der Waals surface area contributed by atoms with Gasteiger partial charge >= 0.3 is 0 Å². The lowest BCUT2D eigenvalue weighted by Crippen LogP contribution is -2.18. The molecule has 0 amide bonds. The van der Waals surface area contributed by atoms with Crippen LogP contribution in [0.2, 0.25) is 0 Å². The minimum absolute atomic E-state index is 0.0301. The van der Waals surface area contributed by atoms with Crippen molar-refractivity contribution in [1.29, 1.82) is 0 Å². The van der Waals surface area contributed by atoms with Crippen molar-refractivity contribution < 1.29 is 4.79 Å². The highest BCUT2D eigenvalue weighted by Gasteiger charge is 2.19. The van der Waals surface area contributed by atoms with Gasteiger partial charge in [-0.2, -0.15) is 0 Å². The molecule has 0 fully saturated rings. The Kier molecular flexibility index (Phi) is 1.88. The second-order valence-corrected chi connectivity index (χ2v) is 2.32. The largest absolute Gasteiger partial charge is 0.291 e. The molecule has 1 heterocycles. The smallest absolute Gasteiger partial charge is 0.199 e. The molecule has 47 valence electrons. The Labute approximate surface area is 62.2 Å². The van der Waals surface area contributed by atoms with Gasteiger partial charge in [0.15, 0.2) is 5.78 Å². The fourth-order valence-corrected chi connectivity index (χ4v) is 0.791. The summed E-state index contributed by atoms with van der Waals surface area (Å²) in [5.74, 6) is -0.340. The van der Waals surface area contributed by atoms with Gasteiger partial charge in [-0.1, -0.05) is 11.6 Å². The molecule has 1 unspecified atom stereocenters. The Bertz CT molecular complexity index is 197. The molecule has 0 aromatic rings. The second kappa shape index (κ2) is 2.50. The summed E-state index contributed by atoms with van der Waals surface area (Å²) >= 11 is 10.7. The van der Waals surface area contributed by atoms with E-state index in [1.54, 1.807) is 0 Å². The molecule has 1 rings (SSSR count). The van der Waals surface area contributed by atoms with E-state index >= 15 is 0 Å². The van der Waals surface area contributed by atoms with Gasteiger partial charge in [0.1, 0.15) is 16.6 Å². The van der Waals surface area contributed by atoms with Crippen LogP contribution in [0.25, 0.3) is 0 Å². The number of alkyl halides is 1. The number of ketones is 1. The van der Waals surface area contributed by atoms with E-state index in [9.17, 15) is 4.79 Å². The average Bonchev–Trinajstić information content (AvgIpc) is 1.83. The Hall–Kier alpha value is -0.340. The van der Waals surface area contributed by atoms with Crippen molar-refractivity contribution in [3.8, 4) is 0 Å². The topological polar surface area (TPSA) is 29.4 Å². The molecule has 0 N–H and O–H groups in total. The number of aliphatic imine (C=N–C) groups is 1. The van der Waals surface area contributed by atoms with Crippen LogP contribution >= 0.6 is 23.2 Å². The van der Waals surface area contributed by atoms with Gasteiger partial charge in [-0.3, -0.25) is 9.79 Å². The number of hydrogen-bond acceptors (Lipinski definition) is 2. The van der Waals surface area contributed by atoms with Crippen LogP contribution in [0.3, 0.4) is 0 Å². The maximum atomic E-state index is 10.7. The van der Waals surface area contributed by atoms with E-state index in [0.717, 1.165) is 0 Å². The van der Waals surface area contributed by atoms with Crippen molar-refractivity contribution in [1.82, 2.24) is 0 Å². The van der Waals surface area contributed by atoms with Gasteiger partial charge in [0.25, 0.3) is 0 Å². The summed E-state index contributed by atoms with van der Waals surface area (Å²) in [6.07, 6.45) is 3.57. The first kappa shape index (κ1) is 6.78. The van der Waals surface area contributed by atoms with Gasteiger partial charge in [0, 0.05) is 6.21 Å². The zero-order chi connectivity index (χ0) is 6.85. The first-order valence-corrected chi connectivity index (χ1v) is 3.03. The van der Waals surface area contributed by atoms with Crippen LogP contribution < -0.4 is 0 Å². The van der Waals surface area contributed by atoms with Crippen molar-refractivity contribution in [3.63, 3.8) is 0 Å². The average molecular weight is 163 g/mol. The van der Waals surface area contributed by atoms with Crippen molar-refractivity contribution in [2.75, 3.05) is 0 Å². The Morgan fingerprint density at radius 1 is 1.78 bits per heavy atom. The van der Waals surface area contributed by atoms with E-state index in [1.165, 1.54) is 6.21 Å². The number of halogens is 2. The normalized spacial score (nSPS) is 26.2. The van der Waals surface area contributed by atoms with Crippen LogP contribution in [-0.4, -0.2) is 17.4 Å². The van der Waals surface area contributed by atoms with E-state index < -0.39 is 5.38 Å². The molecule has 9 heavy (non-hydrogen) atoms. The van der Waals surface area contributed by atoms with Crippen LogP contribution in [0.15, 0.2) is 10.0 Å². The van der Waals surface area contributed by atoms with Crippen LogP contribution in [0.5, 0.6) is 0 Å². The quantitative estimate of drug-likeness (QED) is 0.492. The molecule has 1 aliphatic heterocycles. The summed E-state index contributed by atoms with van der Waals surface area (Å²) in [5.41, 5.74) is 0. The summed E-state index contributed by atoms with van der Waals surface area (Å²) in [6, 6.07) is 0. The minimum Gasteiger partial charge on any atom is -0.291 e. The predicted molar refractivity (Wildman–Crippen MR) is 35.7 cm³/mol. The van der Waals surface area contributed by atoms with Gasteiger partial charge < -0.3 is 0 Å². The van der Waals surface area contributed by atoms with E-state index in [-0.39, 0.29) is 10.8 Å². The lowest BCUT2D eigenvalue weighted by atomic mass is 10.2.